The minimum Gasteiger partial charge on any atom is -0.330 e. The first kappa shape index (κ1) is 14.1. The van der Waals surface area contributed by atoms with Gasteiger partial charge >= 0.3 is 0 Å². The fourth-order valence-electron chi connectivity index (χ4n) is 1.64. The van der Waals surface area contributed by atoms with Crippen molar-refractivity contribution in [1.29, 1.82) is 0 Å². The number of halogens is 2. The van der Waals surface area contributed by atoms with Gasteiger partial charge in [-0.3, -0.25) is 0 Å². The maximum Gasteiger partial charge on any atom is 0.211 e. The number of anilines is 4. The zero-order valence-electron chi connectivity index (χ0n) is 10.7. The lowest BCUT2D eigenvalue weighted by molar-refractivity contribution is 1.09. The molecule has 3 rings (SSSR count). The molecule has 0 aliphatic carbocycles. The first-order valence-corrected chi connectivity index (χ1v) is 7.65. The molecule has 0 amide bonds. The molecule has 0 radical (unpaired) electrons. The van der Waals surface area contributed by atoms with E-state index in [1.807, 2.05) is 48.5 Å². The van der Waals surface area contributed by atoms with E-state index in [1.54, 1.807) is 0 Å². The Morgan fingerprint density at radius 3 is 1.43 bits per heavy atom. The highest BCUT2D eigenvalue weighted by atomic mass is 35.5. The minimum absolute atomic E-state index is 0.697. The number of rotatable bonds is 4. The molecule has 7 heteroatoms. The first-order valence-electron chi connectivity index (χ1n) is 6.08. The van der Waals surface area contributed by atoms with E-state index in [0.717, 1.165) is 11.4 Å². The van der Waals surface area contributed by atoms with Gasteiger partial charge in [0.15, 0.2) is 0 Å². The fraction of sp³-hybridized carbons (Fsp3) is 0. The van der Waals surface area contributed by atoms with Gasteiger partial charge in [0.2, 0.25) is 10.3 Å². The molecule has 0 bridgehead atoms. The Hall–Kier alpha value is -1.82. The molecule has 0 aliphatic rings. The Bertz CT molecular complexity index is 663. The smallest absolute Gasteiger partial charge is 0.211 e. The van der Waals surface area contributed by atoms with Crippen LogP contribution < -0.4 is 10.6 Å². The van der Waals surface area contributed by atoms with Crippen LogP contribution in [0.3, 0.4) is 0 Å². The van der Waals surface area contributed by atoms with Crippen molar-refractivity contribution in [3.8, 4) is 0 Å². The molecule has 2 N–H and O–H groups in total. The van der Waals surface area contributed by atoms with Crippen LogP contribution in [0.2, 0.25) is 10.0 Å². The average Bonchev–Trinajstić information content (AvgIpc) is 2.91. The van der Waals surface area contributed by atoms with E-state index in [9.17, 15) is 0 Å². The van der Waals surface area contributed by atoms with Crippen LogP contribution in [0.5, 0.6) is 0 Å². The summed E-state index contributed by atoms with van der Waals surface area (Å²) in [6.07, 6.45) is 0. The van der Waals surface area contributed by atoms with Gasteiger partial charge in [0.1, 0.15) is 0 Å². The predicted octanol–water partition coefficient (Wildman–Crippen LogP) is 5.33. The molecular formula is C14H10Cl2N4S. The van der Waals surface area contributed by atoms with E-state index < -0.39 is 0 Å². The summed E-state index contributed by atoms with van der Waals surface area (Å²) in [6.45, 7) is 0. The van der Waals surface area contributed by atoms with Crippen LogP contribution in [0.25, 0.3) is 0 Å². The topological polar surface area (TPSA) is 49.8 Å². The molecule has 0 unspecified atom stereocenters. The quantitative estimate of drug-likeness (QED) is 0.675. The fourth-order valence-corrected chi connectivity index (χ4v) is 2.57. The molecule has 0 fully saturated rings. The van der Waals surface area contributed by atoms with E-state index in [4.69, 9.17) is 23.2 Å². The van der Waals surface area contributed by atoms with Crippen molar-refractivity contribution in [2.45, 2.75) is 0 Å². The maximum absolute atomic E-state index is 5.85. The summed E-state index contributed by atoms with van der Waals surface area (Å²) in [5, 5.41) is 17.3. The molecule has 1 heterocycles. The van der Waals surface area contributed by atoms with Crippen LogP contribution in [0, 0.1) is 0 Å². The standard InChI is InChI=1S/C14H10Cl2N4S/c15-9-1-5-11(6-2-9)17-13-19-20-14(21-13)18-12-7-3-10(16)4-8-12/h1-8H,(H,17,19)(H,18,20). The Labute approximate surface area is 135 Å². The summed E-state index contributed by atoms with van der Waals surface area (Å²) >= 11 is 13.1. The second-order valence-electron chi connectivity index (χ2n) is 4.18. The van der Waals surface area contributed by atoms with Crippen LogP contribution in [-0.4, -0.2) is 10.2 Å². The lowest BCUT2D eigenvalue weighted by Crippen LogP contribution is -1.88. The van der Waals surface area contributed by atoms with Gasteiger partial charge in [0, 0.05) is 21.4 Å². The Balaban J connectivity index is 1.68. The van der Waals surface area contributed by atoms with Gasteiger partial charge in [-0.2, -0.15) is 0 Å². The van der Waals surface area contributed by atoms with E-state index in [1.165, 1.54) is 11.3 Å². The zero-order chi connectivity index (χ0) is 14.7. The molecule has 106 valence electrons. The van der Waals surface area contributed by atoms with Crippen molar-refractivity contribution in [2.75, 3.05) is 10.6 Å². The molecular weight excluding hydrogens is 327 g/mol. The summed E-state index contributed by atoms with van der Waals surface area (Å²) in [4.78, 5) is 0. The number of aromatic nitrogens is 2. The number of hydrogen-bond donors (Lipinski definition) is 2. The van der Waals surface area contributed by atoms with Crippen LogP contribution >= 0.6 is 34.5 Å². The molecule has 1 aromatic heterocycles. The number of nitrogens with zero attached hydrogens (tertiary/aromatic N) is 2. The Morgan fingerprint density at radius 2 is 1.05 bits per heavy atom. The van der Waals surface area contributed by atoms with Gasteiger partial charge in [-0.25, -0.2) is 0 Å². The summed E-state index contributed by atoms with van der Waals surface area (Å²) in [5.74, 6) is 0. The first-order chi connectivity index (χ1) is 10.2. The van der Waals surface area contributed by atoms with Gasteiger partial charge in [-0.15, -0.1) is 10.2 Å². The number of benzene rings is 2. The van der Waals surface area contributed by atoms with Crippen LogP contribution in [0.4, 0.5) is 21.6 Å². The summed E-state index contributed by atoms with van der Waals surface area (Å²) < 4.78 is 0. The van der Waals surface area contributed by atoms with Crippen LogP contribution in [-0.2, 0) is 0 Å². The molecule has 0 saturated carbocycles. The molecule has 0 spiro atoms. The van der Waals surface area contributed by atoms with E-state index in [2.05, 4.69) is 20.8 Å². The zero-order valence-corrected chi connectivity index (χ0v) is 13.0. The van der Waals surface area contributed by atoms with Crippen molar-refractivity contribution < 1.29 is 0 Å². The third-order valence-corrected chi connectivity index (χ3v) is 3.87. The lowest BCUT2D eigenvalue weighted by atomic mass is 10.3. The summed E-state index contributed by atoms with van der Waals surface area (Å²) in [6, 6.07) is 14.8. The SMILES string of the molecule is Clc1ccc(Nc2nnc(Nc3ccc(Cl)cc3)s2)cc1. The normalized spacial score (nSPS) is 10.4. The van der Waals surface area contributed by atoms with Crippen molar-refractivity contribution in [2.24, 2.45) is 0 Å². The van der Waals surface area contributed by atoms with Gasteiger partial charge in [0.25, 0.3) is 0 Å². The van der Waals surface area contributed by atoms with Crippen LogP contribution in [0.15, 0.2) is 48.5 Å². The third kappa shape index (κ3) is 3.85. The Morgan fingerprint density at radius 1 is 0.667 bits per heavy atom. The van der Waals surface area contributed by atoms with Crippen LogP contribution in [0.1, 0.15) is 0 Å². The molecule has 2 aromatic carbocycles. The predicted molar refractivity (Wildman–Crippen MR) is 89.4 cm³/mol. The highest BCUT2D eigenvalue weighted by Gasteiger charge is 2.05. The average molecular weight is 337 g/mol. The number of hydrogen-bond acceptors (Lipinski definition) is 5. The minimum atomic E-state index is 0.697. The molecule has 0 aliphatic heterocycles. The lowest BCUT2D eigenvalue weighted by Gasteiger charge is -2.02. The molecule has 4 nitrogen and oxygen atoms in total. The maximum atomic E-state index is 5.85. The van der Waals surface area contributed by atoms with E-state index >= 15 is 0 Å². The van der Waals surface area contributed by atoms with Gasteiger partial charge in [-0.1, -0.05) is 34.5 Å². The van der Waals surface area contributed by atoms with Gasteiger partial charge in [0.05, 0.1) is 0 Å². The Kier molecular flexibility index (Phi) is 4.24. The second kappa shape index (κ2) is 6.30. The molecule has 0 atom stereocenters. The van der Waals surface area contributed by atoms with Gasteiger partial charge < -0.3 is 10.6 Å². The highest BCUT2D eigenvalue weighted by Crippen LogP contribution is 2.27. The van der Waals surface area contributed by atoms with Gasteiger partial charge in [-0.05, 0) is 48.5 Å². The highest BCUT2D eigenvalue weighted by molar-refractivity contribution is 7.19. The van der Waals surface area contributed by atoms with E-state index in [-0.39, 0.29) is 0 Å². The molecule has 21 heavy (non-hydrogen) atoms. The summed E-state index contributed by atoms with van der Waals surface area (Å²) in [7, 11) is 0. The van der Waals surface area contributed by atoms with Crippen molar-refractivity contribution in [3.63, 3.8) is 0 Å². The molecule has 0 saturated heterocycles. The number of nitrogens with one attached hydrogen (secondary N) is 2. The largest absolute Gasteiger partial charge is 0.330 e. The third-order valence-electron chi connectivity index (χ3n) is 2.62. The van der Waals surface area contributed by atoms with E-state index in [0.29, 0.717) is 20.3 Å². The second-order valence-corrected chi connectivity index (χ2v) is 6.03. The van der Waals surface area contributed by atoms with Crippen molar-refractivity contribution >= 4 is 56.2 Å². The summed E-state index contributed by atoms with van der Waals surface area (Å²) in [5.41, 5.74) is 1.82. The van der Waals surface area contributed by atoms with Crippen molar-refractivity contribution in [3.05, 3.63) is 58.6 Å². The molecule has 3 aromatic rings. The van der Waals surface area contributed by atoms with Crippen molar-refractivity contribution in [1.82, 2.24) is 10.2 Å². The monoisotopic (exact) mass is 336 g/mol.